The molecular formula is C20H20F3N5O. The summed E-state index contributed by atoms with van der Waals surface area (Å²) in [7, 11) is 3.49. The number of benzene rings is 1. The van der Waals surface area contributed by atoms with E-state index in [4.69, 9.17) is 0 Å². The number of rotatable bonds is 5. The third-order valence-corrected chi connectivity index (χ3v) is 4.94. The van der Waals surface area contributed by atoms with Crippen LogP contribution in [-0.2, 0) is 19.8 Å². The molecule has 0 radical (unpaired) electrons. The first-order valence-corrected chi connectivity index (χ1v) is 9.22. The number of halogens is 3. The van der Waals surface area contributed by atoms with E-state index in [-0.39, 0.29) is 11.8 Å². The van der Waals surface area contributed by atoms with Crippen LogP contribution in [0.2, 0.25) is 0 Å². The first-order chi connectivity index (χ1) is 13.7. The van der Waals surface area contributed by atoms with Gasteiger partial charge in [-0.15, -0.1) is 0 Å². The lowest BCUT2D eigenvalue weighted by Gasteiger charge is -2.17. The number of aromatic nitrogens is 4. The molecular weight excluding hydrogens is 383 g/mol. The number of carbonyl (C=O) groups excluding carboxylic acids is 1. The minimum atomic E-state index is -4.44. The number of aryl methyl sites for hydroxylation is 1. The highest BCUT2D eigenvalue weighted by Gasteiger charge is 2.35. The Morgan fingerprint density at radius 2 is 2.00 bits per heavy atom. The maximum atomic E-state index is 13.1. The molecule has 9 heteroatoms. The molecule has 1 fully saturated rings. The summed E-state index contributed by atoms with van der Waals surface area (Å²) in [6, 6.07) is 5.01. The lowest BCUT2D eigenvalue weighted by Crippen LogP contribution is -2.26. The Morgan fingerprint density at radius 1 is 1.24 bits per heavy atom. The molecule has 2 aromatic heterocycles. The van der Waals surface area contributed by atoms with E-state index >= 15 is 0 Å². The van der Waals surface area contributed by atoms with Crippen LogP contribution in [0.4, 0.5) is 13.2 Å². The zero-order chi connectivity index (χ0) is 20.8. The summed E-state index contributed by atoms with van der Waals surface area (Å²) in [6.07, 6.45) is 2.31. The molecule has 0 atom stereocenters. The summed E-state index contributed by atoms with van der Waals surface area (Å²) in [6.45, 7) is 0.380. The van der Waals surface area contributed by atoms with Gasteiger partial charge in [0.15, 0.2) is 0 Å². The maximum absolute atomic E-state index is 13.1. The molecule has 0 aliphatic heterocycles. The van der Waals surface area contributed by atoms with Crippen molar-refractivity contribution in [2.75, 3.05) is 7.05 Å². The van der Waals surface area contributed by atoms with Crippen molar-refractivity contribution in [3.05, 3.63) is 65.2 Å². The molecule has 6 nitrogen and oxygen atoms in total. The smallest absolute Gasteiger partial charge is 0.337 e. The summed E-state index contributed by atoms with van der Waals surface area (Å²) >= 11 is 0. The van der Waals surface area contributed by atoms with E-state index in [2.05, 4.69) is 10.2 Å². The normalized spacial score (nSPS) is 14.2. The third kappa shape index (κ3) is 3.90. The van der Waals surface area contributed by atoms with Crippen LogP contribution in [0.15, 0.2) is 42.9 Å². The minimum absolute atomic E-state index is 0.123. The summed E-state index contributed by atoms with van der Waals surface area (Å²) in [5.74, 6) is -0.0910. The molecule has 0 unspecified atom stereocenters. The summed E-state index contributed by atoms with van der Waals surface area (Å²) in [4.78, 5) is 14.6. The average molecular weight is 403 g/mol. The number of nitrogens with zero attached hydrogens (tertiary/aromatic N) is 5. The Kier molecular flexibility index (Phi) is 4.68. The van der Waals surface area contributed by atoms with E-state index in [1.165, 1.54) is 16.9 Å². The Labute approximate surface area is 165 Å². The zero-order valence-electron chi connectivity index (χ0n) is 16.0. The Balaban J connectivity index is 1.66. The van der Waals surface area contributed by atoms with Gasteiger partial charge in [0, 0.05) is 38.3 Å². The molecule has 2 heterocycles. The SMILES string of the molecule is CN(Cc1cnn(C)c1)C(=O)c1cnn(-c2cccc(C(F)(F)F)c2)c1C1CC1. The van der Waals surface area contributed by atoms with Crippen LogP contribution in [0.5, 0.6) is 0 Å². The Morgan fingerprint density at radius 3 is 2.62 bits per heavy atom. The van der Waals surface area contributed by atoms with Crippen molar-refractivity contribution in [2.45, 2.75) is 31.5 Å². The van der Waals surface area contributed by atoms with E-state index in [1.807, 2.05) is 6.20 Å². The molecule has 4 rings (SSSR count). The molecule has 3 aromatic rings. The second-order valence-corrected chi connectivity index (χ2v) is 7.36. The van der Waals surface area contributed by atoms with Crippen LogP contribution in [0, 0.1) is 0 Å². The average Bonchev–Trinajstić information content (AvgIpc) is 3.29. The molecule has 1 aromatic carbocycles. The third-order valence-electron chi connectivity index (χ3n) is 4.94. The van der Waals surface area contributed by atoms with Gasteiger partial charge in [0.05, 0.1) is 34.9 Å². The number of alkyl halides is 3. The number of hydrogen-bond donors (Lipinski definition) is 0. The number of hydrogen-bond acceptors (Lipinski definition) is 3. The fourth-order valence-electron chi connectivity index (χ4n) is 3.40. The van der Waals surface area contributed by atoms with Crippen LogP contribution in [0.3, 0.4) is 0 Å². The van der Waals surface area contributed by atoms with Crippen LogP contribution in [0.1, 0.15) is 45.9 Å². The van der Waals surface area contributed by atoms with E-state index < -0.39 is 11.7 Å². The molecule has 29 heavy (non-hydrogen) atoms. The molecule has 0 N–H and O–H groups in total. The van der Waals surface area contributed by atoms with Crippen molar-refractivity contribution in [1.82, 2.24) is 24.5 Å². The van der Waals surface area contributed by atoms with Gasteiger partial charge in [-0.2, -0.15) is 23.4 Å². The van der Waals surface area contributed by atoms with Crippen molar-refractivity contribution in [3.63, 3.8) is 0 Å². The second-order valence-electron chi connectivity index (χ2n) is 7.36. The van der Waals surface area contributed by atoms with Gasteiger partial charge < -0.3 is 4.90 Å². The summed E-state index contributed by atoms with van der Waals surface area (Å²) in [5, 5.41) is 8.37. The van der Waals surface area contributed by atoms with Crippen LogP contribution in [0.25, 0.3) is 5.69 Å². The topological polar surface area (TPSA) is 56.0 Å². The van der Waals surface area contributed by atoms with Crippen molar-refractivity contribution < 1.29 is 18.0 Å². The van der Waals surface area contributed by atoms with E-state index in [9.17, 15) is 18.0 Å². The van der Waals surface area contributed by atoms with Crippen LogP contribution in [-0.4, -0.2) is 37.4 Å². The van der Waals surface area contributed by atoms with Gasteiger partial charge >= 0.3 is 6.18 Å². The molecule has 1 amide bonds. The fourth-order valence-corrected chi connectivity index (χ4v) is 3.40. The Bertz CT molecular complexity index is 1050. The van der Waals surface area contributed by atoms with Crippen LogP contribution >= 0.6 is 0 Å². The summed E-state index contributed by atoms with van der Waals surface area (Å²) < 4.78 is 42.4. The lowest BCUT2D eigenvalue weighted by atomic mass is 10.1. The first-order valence-electron chi connectivity index (χ1n) is 9.22. The highest BCUT2D eigenvalue weighted by Crippen LogP contribution is 2.43. The highest BCUT2D eigenvalue weighted by molar-refractivity contribution is 5.95. The predicted molar refractivity (Wildman–Crippen MR) is 99.5 cm³/mol. The van der Waals surface area contributed by atoms with E-state index in [0.717, 1.165) is 30.5 Å². The van der Waals surface area contributed by atoms with Crippen LogP contribution < -0.4 is 0 Å². The monoisotopic (exact) mass is 403 g/mol. The van der Waals surface area contributed by atoms with Gasteiger partial charge in [0.1, 0.15) is 0 Å². The van der Waals surface area contributed by atoms with Gasteiger partial charge in [-0.1, -0.05) is 6.07 Å². The van der Waals surface area contributed by atoms with Gasteiger partial charge in [0.2, 0.25) is 0 Å². The molecule has 0 saturated heterocycles. The molecule has 0 bridgehead atoms. The largest absolute Gasteiger partial charge is 0.416 e. The quantitative estimate of drug-likeness (QED) is 0.652. The molecule has 1 saturated carbocycles. The van der Waals surface area contributed by atoms with E-state index in [0.29, 0.717) is 23.5 Å². The van der Waals surface area contributed by atoms with E-state index in [1.54, 1.807) is 35.9 Å². The van der Waals surface area contributed by atoms with Crippen molar-refractivity contribution >= 4 is 5.91 Å². The summed E-state index contributed by atoms with van der Waals surface area (Å²) in [5.41, 5.74) is 1.55. The molecule has 1 aliphatic carbocycles. The van der Waals surface area contributed by atoms with Gasteiger partial charge in [-0.05, 0) is 31.0 Å². The number of amides is 1. The maximum Gasteiger partial charge on any atom is 0.416 e. The standard InChI is InChI=1S/C20H20F3N5O/c1-26(11-13-9-24-27(2)12-13)19(29)17-10-25-28(18(17)14-6-7-14)16-5-3-4-15(8-16)20(21,22)23/h3-5,8-10,12,14H,6-7,11H2,1-2H3. The van der Waals surface area contributed by atoms with Gasteiger partial charge in [-0.25, -0.2) is 4.68 Å². The van der Waals surface area contributed by atoms with Gasteiger partial charge in [0.25, 0.3) is 5.91 Å². The van der Waals surface area contributed by atoms with Gasteiger partial charge in [-0.3, -0.25) is 9.48 Å². The zero-order valence-corrected chi connectivity index (χ0v) is 16.0. The lowest BCUT2D eigenvalue weighted by molar-refractivity contribution is -0.137. The molecule has 1 aliphatic rings. The molecule has 0 spiro atoms. The molecule has 152 valence electrons. The highest BCUT2D eigenvalue weighted by atomic mass is 19.4. The second kappa shape index (κ2) is 7.06. The number of carbonyl (C=O) groups is 1. The predicted octanol–water partition coefficient (Wildman–Crippen LogP) is 3.77. The van der Waals surface area contributed by atoms with Crippen molar-refractivity contribution in [3.8, 4) is 5.69 Å². The van der Waals surface area contributed by atoms with Crippen molar-refractivity contribution in [2.24, 2.45) is 7.05 Å². The first kappa shape index (κ1) is 19.2. The van der Waals surface area contributed by atoms with Crippen molar-refractivity contribution in [1.29, 1.82) is 0 Å². The Hall–Kier alpha value is -3.10. The minimum Gasteiger partial charge on any atom is -0.337 e. The fraction of sp³-hybridized carbons (Fsp3) is 0.350.